The molecule has 0 spiro atoms. The molecule has 0 saturated carbocycles. The van der Waals surface area contributed by atoms with Gasteiger partial charge in [0, 0.05) is 0 Å². The van der Waals surface area contributed by atoms with Gasteiger partial charge in [0.25, 0.3) is 11.8 Å². The Bertz CT molecular complexity index is 619. The molecule has 35 heavy (non-hydrogen) atoms. The van der Waals surface area contributed by atoms with Gasteiger partial charge in [-0.2, -0.15) is 0 Å². The van der Waals surface area contributed by atoms with Crippen molar-refractivity contribution in [1.82, 2.24) is 4.90 Å². The number of imide groups is 1. The minimum atomic E-state index is -2.76. The maximum absolute atomic E-state index is 12.8. The average Bonchev–Trinajstić information content (AvgIpc) is 2.83. The highest BCUT2D eigenvalue weighted by molar-refractivity contribution is 6.02. The molecule has 13 N–H and O–H groups in total. The fourth-order valence-corrected chi connectivity index (χ4v) is 2.88. The van der Waals surface area contributed by atoms with Crippen molar-refractivity contribution in [3.05, 3.63) is 0 Å². The van der Waals surface area contributed by atoms with Gasteiger partial charge in [0.2, 0.25) is 0 Å². The third-order valence-corrected chi connectivity index (χ3v) is 5.02. The van der Waals surface area contributed by atoms with E-state index in [4.69, 9.17) is 15.9 Å². The summed E-state index contributed by atoms with van der Waals surface area (Å²) in [5.41, 5.74) is 5.33. The lowest BCUT2D eigenvalue weighted by atomic mass is 9.98. The average molecular weight is 539 g/mol. The Hall–Kier alpha value is -1.54. The van der Waals surface area contributed by atoms with Gasteiger partial charge in [0.15, 0.2) is 12.2 Å². The number of hydrogen-bond acceptors (Lipinski definition) is 14. The first-order valence-electron chi connectivity index (χ1n) is 10.2. The Morgan fingerprint density at radius 2 is 1.06 bits per heavy atom. The number of unbranched alkanes of at least 4 members (excludes halogenated alkanes) is 1. The molecule has 0 fully saturated rings. The Morgan fingerprint density at radius 3 is 1.34 bits per heavy atom. The van der Waals surface area contributed by atoms with Crippen molar-refractivity contribution in [2.24, 2.45) is 5.73 Å². The lowest BCUT2D eigenvalue weighted by molar-refractivity contribution is -0.179. The summed E-state index contributed by atoms with van der Waals surface area (Å²) >= 11 is 0. The maximum atomic E-state index is 12.8. The molecule has 0 aromatic rings. The molecule has 0 unspecified atom stereocenters. The molecule has 0 aliphatic rings. The van der Waals surface area contributed by atoms with Gasteiger partial charge in [0.1, 0.15) is 42.7 Å². The Kier molecular flexibility index (Phi) is 17.3. The van der Waals surface area contributed by atoms with Crippen LogP contribution in [0.15, 0.2) is 0 Å². The van der Waals surface area contributed by atoms with Crippen LogP contribution in [0.3, 0.4) is 0 Å². The van der Waals surface area contributed by atoms with Gasteiger partial charge >= 0.3 is 5.97 Å². The first-order valence-corrected chi connectivity index (χ1v) is 10.2. The maximum Gasteiger partial charge on any atom is 0.326 e. The van der Waals surface area contributed by atoms with Gasteiger partial charge in [-0.1, -0.05) is 0 Å². The molecule has 0 radical (unpaired) electrons. The zero-order chi connectivity index (χ0) is 26.7. The van der Waals surface area contributed by atoms with Crippen LogP contribution in [0.2, 0.25) is 0 Å². The molecule has 17 heteroatoms. The third-order valence-electron chi connectivity index (χ3n) is 5.02. The number of nitrogens with two attached hydrogens (primary N) is 1. The Morgan fingerprint density at radius 1 is 0.686 bits per heavy atom. The number of rotatable bonds is 16. The summed E-state index contributed by atoms with van der Waals surface area (Å²) in [4.78, 5) is 37.2. The van der Waals surface area contributed by atoms with Crippen LogP contribution in [-0.2, 0) is 14.4 Å². The van der Waals surface area contributed by atoms with Gasteiger partial charge < -0.3 is 61.9 Å². The lowest BCUT2D eigenvalue weighted by Crippen LogP contribution is -2.61. The van der Waals surface area contributed by atoms with E-state index in [0.29, 0.717) is 0 Å². The van der Waals surface area contributed by atoms with Gasteiger partial charge in [-0.3, -0.25) is 14.5 Å². The second-order valence-corrected chi connectivity index (χ2v) is 7.54. The van der Waals surface area contributed by atoms with Crippen molar-refractivity contribution in [2.45, 2.75) is 74.1 Å². The van der Waals surface area contributed by atoms with E-state index >= 15 is 0 Å². The summed E-state index contributed by atoms with van der Waals surface area (Å²) in [5, 5.41) is 106. The molecule has 2 amide bonds. The van der Waals surface area contributed by atoms with Crippen LogP contribution in [0, 0.1) is 0 Å². The van der Waals surface area contributed by atoms with Crippen LogP contribution in [0.4, 0.5) is 0 Å². The van der Waals surface area contributed by atoms with Gasteiger partial charge in [-0.15, -0.1) is 12.4 Å². The number of aliphatic carboxylic acids is 1. The molecular weight excluding hydrogens is 504 g/mol. The molecule has 208 valence electrons. The summed E-state index contributed by atoms with van der Waals surface area (Å²) in [6.07, 6.45) is -19.5. The number of nitrogens with zero attached hydrogens (tertiary/aromatic N) is 1. The van der Waals surface area contributed by atoms with Gasteiger partial charge in [0.05, 0.1) is 13.2 Å². The normalized spacial score (nSPS) is 19.2. The van der Waals surface area contributed by atoms with Crippen LogP contribution in [-0.4, -0.2) is 153 Å². The molecule has 0 aliphatic heterocycles. The number of aliphatic hydroxyl groups is 10. The predicted octanol–water partition coefficient (Wildman–Crippen LogP) is -6.78. The van der Waals surface area contributed by atoms with E-state index in [1.165, 1.54) is 0 Å². The van der Waals surface area contributed by atoms with Crippen molar-refractivity contribution in [1.29, 1.82) is 0 Å². The van der Waals surface area contributed by atoms with Crippen LogP contribution in [0.5, 0.6) is 0 Å². The van der Waals surface area contributed by atoms with E-state index in [1.54, 1.807) is 0 Å². The minimum absolute atomic E-state index is 0. The van der Waals surface area contributed by atoms with Crippen molar-refractivity contribution >= 4 is 30.2 Å². The predicted molar refractivity (Wildman–Crippen MR) is 116 cm³/mol. The molecule has 0 aromatic heterocycles. The topological polar surface area (TPSA) is 303 Å². The zero-order valence-corrected chi connectivity index (χ0v) is 19.3. The number of aliphatic hydroxyl groups excluding tert-OH is 10. The van der Waals surface area contributed by atoms with Crippen LogP contribution >= 0.6 is 12.4 Å². The summed E-state index contributed by atoms with van der Waals surface area (Å²) in [6.45, 7) is -2.10. The number of carbonyl (C=O) groups is 3. The minimum Gasteiger partial charge on any atom is -0.480 e. The van der Waals surface area contributed by atoms with E-state index in [1.807, 2.05) is 0 Å². The van der Waals surface area contributed by atoms with E-state index in [2.05, 4.69) is 0 Å². The van der Waals surface area contributed by atoms with Crippen LogP contribution in [0.1, 0.15) is 19.3 Å². The van der Waals surface area contributed by atoms with E-state index < -0.39 is 92.3 Å². The summed E-state index contributed by atoms with van der Waals surface area (Å²) in [7, 11) is 0. The van der Waals surface area contributed by atoms with Crippen molar-refractivity contribution < 1.29 is 70.6 Å². The molecule has 0 heterocycles. The summed E-state index contributed by atoms with van der Waals surface area (Å²) < 4.78 is 0. The number of halogens is 1. The van der Waals surface area contributed by atoms with E-state index in [0.717, 1.165) is 0 Å². The number of hydrogen-bond donors (Lipinski definition) is 12. The molecule has 0 aliphatic carbocycles. The van der Waals surface area contributed by atoms with Crippen LogP contribution in [0.25, 0.3) is 0 Å². The van der Waals surface area contributed by atoms with E-state index in [9.17, 15) is 60.3 Å². The smallest absolute Gasteiger partial charge is 0.326 e. The van der Waals surface area contributed by atoms with Crippen LogP contribution < -0.4 is 5.73 Å². The first kappa shape index (κ1) is 35.6. The molecule has 9 atom stereocenters. The molecule has 0 bridgehead atoms. The number of carboxylic acid groups (broad SMARTS) is 1. The number of amides is 2. The summed E-state index contributed by atoms with van der Waals surface area (Å²) in [6, 6.07) is -2.09. The van der Waals surface area contributed by atoms with Gasteiger partial charge in [-0.25, -0.2) is 4.79 Å². The summed E-state index contributed by atoms with van der Waals surface area (Å²) in [5.74, 6) is -5.55. The second kappa shape index (κ2) is 17.0. The highest BCUT2D eigenvalue weighted by Crippen LogP contribution is 2.18. The largest absolute Gasteiger partial charge is 0.480 e. The standard InChI is InChI=1S/C18H34N2O14.ClH/c19-4-2-1-3-7(18(33)34)20(16(31)14(29)12(27)10(25)8(23)5-21)17(32)15(30)13(28)11(26)9(24)6-22;/h7-15,21-30H,1-6,19H2,(H,33,34);1H/t7-,8+,9+,10+,11+,12-,13-,14+,15+;/m0./s1. The second-order valence-electron chi connectivity index (χ2n) is 7.54. The highest BCUT2D eigenvalue weighted by atomic mass is 35.5. The Labute approximate surface area is 205 Å². The first-order chi connectivity index (χ1) is 15.8. The monoisotopic (exact) mass is 538 g/mol. The molecule has 16 nitrogen and oxygen atoms in total. The molecule has 0 aromatic carbocycles. The van der Waals surface area contributed by atoms with E-state index in [-0.39, 0.29) is 36.7 Å². The number of carboxylic acids is 1. The lowest BCUT2D eigenvalue weighted by Gasteiger charge is -2.34. The Balaban J connectivity index is 0. The van der Waals surface area contributed by atoms with Crippen molar-refractivity contribution in [3.8, 4) is 0 Å². The zero-order valence-electron chi connectivity index (χ0n) is 18.5. The molecule has 0 saturated heterocycles. The fourth-order valence-electron chi connectivity index (χ4n) is 2.88. The quantitative estimate of drug-likeness (QED) is 0.0812. The van der Waals surface area contributed by atoms with Crippen molar-refractivity contribution in [2.75, 3.05) is 19.8 Å². The SMILES string of the molecule is Cl.NCCCC[C@@H](C(=O)O)N(C(=O)[C@H](O)[C@@H](O)[C@H](O)[C@H](O)CO)C(=O)[C@H](O)[C@@H](O)[C@H](O)[C@H](O)CO. The molecule has 0 rings (SSSR count). The van der Waals surface area contributed by atoms with Crippen molar-refractivity contribution in [3.63, 3.8) is 0 Å². The highest BCUT2D eigenvalue weighted by Gasteiger charge is 2.46. The number of carbonyl (C=O) groups excluding carboxylic acids is 2. The fraction of sp³-hybridized carbons (Fsp3) is 0.833. The third kappa shape index (κ3) is 9.79. The molecular formula is C18H35ClN2O14. The van der Waals surface area contributed by atoms with Gasteiger partial charge in [-0.05, 0) is 25.8 Å².